The molecule has 0 heterocycles. The molecule has 6 heteroatoms. The summed E-state index contributed by atoms with van der Waals surface area (Å²) in [5.41, 5.74) is 0.163. The van der Waals surface area contributed by atoms with Crippen molar-refractivity contribution in [2.45, 2.75) is 13.0 Å². The van der Waals surface area contributed by atoms with Gasteiger partial charge in [0.2, 0.25) is 0 Å². The molecule has 1 unspecified atom stereocenters. The first kappa shape index (κ1) is 12.8. The van der Waals surface area contributed by atoms with Crippen LogP contribution in [0.1, 0.15) is 17.3 Å². The summed E-state index contributed by atoms with van der Waals surface area (Å²) in [4.78, 5) is 22.1. The molecule has 0 bridgehead atoms. The van der Waals surface area contributed by atoms with Crippen molar-refractivity contribution in [1.29, 1.82) is 0 Å². The third-order valence-corrected chi connectivity index (χ3v) is 2.16. The largest absolute Gasteiger partial charge is 0.504 e. The summed E-state index contributed by atoms with van der Waals surface area (Å²) < 4.78 is 4.82. The van der Waals surface area contributed by atoms with Crippen LogP contribution in [0.4, 0.5) is 0 Å². The Morgan fingerprint density at radius 1 is 1.41 bits per heavy atom. The molecule has 0 radical (unpaired) electrons. The van der Waals surface area contributed by atoms with Crippen LogP contribution in [0.3, 0.4) is 0 Å². The van der Waals surface area contributed by atoms with Crippen molar-refractivity contribution in [2.24, 2.45) is 0 Å². The maximum atomic E-state index is 11.6. The highest BCUT2D eigenvalue weighted by Gasteiger charge is 2.16. The van der Waals surface area contributed by atoms with E-state index in [1.165, 1.54) is 32.2 Å². The van der Waals surface area contributed by atoms with Crippen molar-refractivity contribution in [3.05, 3.63) is 23.8 Å². The van der Waals surface area contributed by atoms with Gasteiger partial charge < -0.3 is 20.3 Å². The molecule has 1 aromatic carbocycles. The predicted molar refractivity (Wildman–Crippen MR) is 59.2 cm³/mol. The fourth-order valence-corrected chi connectivity index (χ4v) is 1.17. The maximum Gasteiger partial charge on any atom is 0.325 e. The molecule has 0 aliphatic carbocycles. The summed E-state index contributed by atoms with van der Waals surface area (Å²) in [5, 5.41) is 20.4. The van der Waals surface area contributed by atoms with Crippen LogP contribution in [0.2, 0.25) is 0 Å². The number of hydrogen-bond acceptors (Lipinski definition) is 4. The SMILES string of the molecule is COc1ccc(C(=O)NC(C)C(=O)O)cc1O. The van der Waals surface area contributed by atoms with Gasteiger partial charge in [0.1, 0.15) is 6.04 Å². The van der Waals surface area contributed by atoms with E-state index in [1.807, 2.05) is 0 Å². The molecule has 0 saturated heterocycles. The monoisotopic (exact) mass is 239 g/mol. The van der Waals surface area contributed by atoms with Gasteiger partial charge in [0, 0.05) is 5.56 Å². The molecule has 0 spiro atoms. The van der Waals surface area contributed by atoms with Gasteiger partial charge in [-0.1, -0.05) is 0 Å². The van der Waals surface area contributed by atoms with Crippen molar-refractivity contribution in [1.82, 2.24) is 5.32 Å². The first-order chi connectivity index (χ1) is 7.95. The minimum atomic E-state index is -1.13. The number of carboxylic acids is 1. The third kappa shape index (κ3) is 3.10. The topological polar surface area (TPSA) is 95.9 Å². The Morgan fingerprint density at radius 2 is 2.06 bits per heavy atom. The number of nitrogens with one attached hydrogen (secondary N) is 1. The Balaban J connectivity index is 2.83. The van der Waals surface area contributed by atoms with Crippen LogP contribution in [-0.4, -0.2) is 35.2 Å². The molecule has 0 fully saturated rings. The molecule has 6 nitrogen and oxygen atoms in total. The average Bonchev–Trinajstić information content (AvgIpc) is 2.28. The number of benzene rings is 1. The lowest BCUT2D eigenvalue weighted by Gasteiger charge is -2.10. The van der Waals surface area contributed by atoms with E-state index in [0.717, 1.165) is 0 Å². The summed E-state index contributed by atoms with van der Waals surface area (Å²) in [6, 6.07) is 3.08. The second-order valence-electron chi connectivity index (χ2n) is 3.42. The van der Waals surface area contributed by atoms with Crippen molar-refractivity contribution in [2.75, 3.05) is 7.11 Å². The van der Waals surface area contributed by atoms with E-state index in [4.69, 9.17) is 9.84 Å². The van der Waals surface area contributed by atoms with Gasteiger partial charge in [0.25, 0.3) is 5.91 Å². The Bertz CT molecular complexity index is 443. The van der Waals surface area contributed by atoms with E-state index in [-0.39, 0.29) is 17.1 Å². The van der Waals surface area contributed by atoms with E-state index in [9.17, 15) is 14.7 Å². The number of rotatable bonds is 4. The molecule has 1 aromatic rings. The fraction of sp³-hybridized carbons (Fsp3) is 0.273. The Hall–Kier alpha value is -2.24. The Morgan fingerprint density at radius 3 is 2.53 bits per heavy atom. The second-order valence-corrected chi connectivity index (χ2v) is 3.42. The highest BCUT2D eigenvalue weighted by Crippen LogP contribution is 2.26. The van der Waals surface area contributed by atoms with Crippen LogP contribution >= 0.6 is 0 Å². The van der Waals surface area contributed by atoms with Crippen molar-refractivity contribution in [3.63, 3.8) is 0 Å². The molecule has 1 amide bonds. The molecular formula is C11H13NO5. The minimum absolute atomic E-state index is 0.163. The number of carboxylic acid groups (broad SMARTS) is 1. The number of aromatic hydroxyl groups is 1. The molecule has 0 aliphatic rings. The zero-order valence-corrected chi connectivity index (χ0v) is 9.43. The Kier molecular flexibility index (Phi) is 3.92. The standard InChI is InChI=1S/C11H13NO5/c1-6(11(15)16)12-10(14)7-3-4-9(17-2)8(13)5-7/h3-6,13H,1-2H3,(H,12,14)(H,15,16). The number of hydrogen-bond donors (Lipinski definition) is 3. The van der Waals surface area contributed by atoms with Crippen LogP contribution in [0.25, 0.3) is 0 Å². The van der Waals surface area contributed by atoms with Gasteiger partial charge in [-0.2, -0.15) is 0 Å². The third-order valence-electron chi connectivity index (χ3n) is 2.16. The number of phenols is 1. The number of aliphatic carboxylic acids is 1. The van der Waals surface area contributed by atoms with Gasteiger partial charge >= 0.3 is 5.97 Å². The first-order valence-corrected chi connectivity index (χ1v) is 4.86. The normalized spacial score (nSPS) is 11.6. The Labute approximate surface area is 97.8 Å². The van der Waals surface area contributed by atoms with E-state index in [2.05, 4.69) is 5.32 Å². The van der Waals surface area contributed by atoms with Gasteiger partial charge in [0.15, 0.2) is 11.5 Å². The van der Waals surface area contributed by atoms with Crippen LogP contribution in [-0.2, 0) is 4.79 Å². The van der Waals surface area contributed by atoms with Crippen LogP contribution in [0.5, 0.6) is 11.5 Å². The lowest BCUT2D eigenvalue weighted by molar-refractivity contribution is -0.138. The van der Waals surface area contributed by atoms with Crippen LogP contribution in [0.15, 0.2) is 18.2 Å². The van der Waals surface area contributed by atoms with Gasteiger partial charge in [-0.15, -0.1) is 0 Å². The molecule has 3 N–H and O–H groups in total. The summed E-state index contributed by atoms with van der Waals surface area (Å²) >= 11 is 0. The number of phenolic OH excluding ortho intramolecular Hbond substituents is 1. The van der Waals surface area contributed by atoms with Crippen LogP contribution in [0, 0.1) is 0 Å². The quantitative estimate of drug-likeness (QED) is 0.715. The zero-order valence-electron chi connectivity index (χ0n) is 9.43. The average molecular weight is 239 g/mol. The highest BCUT2D eigenvalue weighted by atomic mass is 16.5. The molecule has 17 heavy (non-hydrogen) atoms. The van der Waals surface area contributed by atoms with Gasteiger partial charge in [0.05, 0.1) is 7.11 Å². The molecule has 0 aliphatic heterocycles. The summed E-state index contributed by atoms with van der Waals surface area (Å²) in [6.07, 6.45) is 0. The van der Waals surface area contributed by atoms with Crippen LogP contribution < -0.4 is 10.1 Å². The maximum absolute atomic E-state index is 11.6. The predicted octanol–water partition coefficient (Wildman–Crippen LogP) is 0.604. The van der Waals surface area contributed by atoms with Crippen molar-refractivity contribution >= 4 is 11.9 Å². The number of ether oxygens (including phenoxy) is 1. The number of methoxy groups -OCH3 is 1. The van der Waals surface area contributed by atoms with Gasteiger partial charge in [-0.05, 0) is 25.1 Å². The smallest absolute Gasteiger partial charge is 0.325 e. The van der Waals surface area contributed by atoms with E-state index < -0.39 is 17.9 Å². The summed E-state index contributed by atoms with van der Waals surface area (Å²) in [6.45, 7) is 1.35. The first-order valence-electron chi connectivity index (χ1n) is 4.86. The molecule has 1 atom stereocenters. The molecule has 0 aromatic heterocycles. The van der Waals surface area contributed by atoms with E-state index >= 15 is 0 Å². The molecule has 0 saturated carbocycles. The number of amides is 1. The molecule has 1 rings (SSSR count). The van der Waals surface area contributed by atoms with Crippen molar-refractivity contribution < 1.29 is 24.5 Å². The zero-order chi connectivity index (χ0) is 13.0. The minimum Gasteiger partial charge on any atom is -0.504 e. The van der Waals surface area contributed by atoms with E-state index in [0.29, 0.717) is 0 Å². The lowest BCUT2D eigenvalue weighted by atomic mass is 10.1. The highest BCUT2D eigenvalue weighted by molar-refractivity contribution is 5.97. The number of carbonyl (C=O) groups is 2. The summed E-state index contributed by atoms with van der Waals surface area (Å²) in [5.74, 6) is -1.63. The molecule has 92 valence electrons. The fourth-order valence-electron chi connectivity index (χ4n) is 1.17. The second kappa shape index (κ2) is 5.20. The van der Waals surface area contributed by atoms with E-state index in [1.54, 1.807) is 0 Å². The molecular weight excluding hydrogens is 226 g/mol. The van der Waals surface area contributed by atoms with Gasteiger partial charge in [-0.25, -0.2) is 0 Å². The van der Waals surface area contributed by atoms with Crippen molar-refractivity contribution in [3.8, 4) is 11.5 Å². The number of carbonyl (C=O) groups excluding carboxylic acids is 1. The lowest BCUT2D eigenvalue weighted by Crippen LogP contribution is -2.38. The van der Waals surface area contributed by atoms with Gasteiger partial charge in [-0.3, -0.25) is 9.59 Å². The summed E-state index contributed by atoms with van der Waals surface area (Å²) in [7, 11) is 1.39.